The van der Waals surface area contributed by atoms with Crippen molar-refractivity contribution >= 4 is 21.6 Å². The van der Waals surface area contributed by atoms with Gasteiger partial charge in [0.05, 0.1) is 17.4 Å². The zero-order chi connectivity index (χ0) is 23.5. The number of nitrogens with zero attached hydrogens (tertiary/aromatic N) is 1. The number of hydrogen-bond acceptors (Lipinski definition) is 4. The van der Waals surface area contributed by atoms with E-state index in [0.29, 0.717) is 31.7 Å². The summed E-state index contributed by atoms with van der Waals surface area (Å²) in [5.41, 5.74) is 3.72. The van der Waals surface area contributed by atoms with Gasteiger partial charge in [0.15, 0.2) is 0 Å². The van der Waals surface area contributed by atoms with Crippen LogP contribution in [0.1, 0.15) is 56.2 Å². The molecule has 1 atom stereocenters. The van der Waals surface area contributed by atoms with Gasteiger partial charge in [0.1, 0.15) is 5.75 Å². The third-order valence-corrected chi connectivity index (χ3v) is 7.88. The van der Waals surface area contributed by atoms with Gasteiger partial charge in [-0.15, -0.1) is 0 Å². The summed E-state index contributed by atoms with van der Waals surface area (Å²) in [7, 11) is -3.69. The molecular formula is C25H34N2O4S. The predicted molar refractivity (Wildman–Crippen MR) is 128 cm³/mol. The molecule has 7 heteroatoms. The van der Waals surface area contributed by atoms with Crippen LogP contribution in [0.25, 0.3) is 0 Å². The van der Waals surface area contributed by atoms with Gasteiger partial charge in [-0.2, -0.15) is 4.31 Å². The van der Waals surface area contributed by atoms with Crippen LogP contribution >= 0.6 is 0 Å². The standard InChI is InChI=1S/C25H34N2O4S/c1-6-31-23-13-12-21(15-19(23)5)32(29,30)27-14-8-10-20(16-27)25(28)26-24-18(4)9-7-11-22(24)17(2)3/h7,9,11-13,15,17,20H,6,8,10,14,16H2,1-5H3,(H,26,28)/t20-/m0/s1. The van der Waals surface area contributed by atoms with Crippen LogP contribution < -0.4 is 10.1 Å². The largest absolute Gasteiger partial charge is 0.494 e. The first-order chi connectivity index (χ1) is 15.1. The summed E-state index contributed by atoms with van der Waals surface area (Å²) < 4.78 is 33.5. The van der Waals surface area contributed by atoms with Crippen LogP contribution in [-0.4, -0.2) is 38.3 Å². The van der Waals surface area contributed by atoms with E-state index >= 15 is 0 Å². The lowest BCUT2D eigenvalue weighted by molar-refractivity contribution is -0.120. The highest BCUT2D eigenvalue weighted by molar-refractivity contribution is 7.89. The van der Waals surface area contributed by atoms with Gasteiger partial charge in [0, 0.05) is 18.8 Å². The van der Waals surface area contributed by atoms with E-state index in [2.05, 4.69) is 19.2 Å². The zero-order valence-electron chi connectivity index (χ0n) is 19.6. The van der Waals surface area contributed by atoms with Gasteiger partial charge < -0.3 is 10.1 Å². The van der Waals surface area contributed by atoms with E-state index in [-0.39, 0.29) is 29.2 Å². The molecule has 32 heavy (non-hydrogen) atoms. The number of carbonyl (C=O) groups is 1. The molecule has 0 aromatic heterocycles. The zero-order valence-corrected chi connectivity index (χ0v) is 20.5. The van der Waals surface area contributed by atoms with Crippen molar-refractivity contribution in [1.29, 1.82) is 0 Å². The maximum Gasteiger partial charge on any atom is 0.243 e. The third-order valence-electron chi connectivity index (χ3n) is 6.01. The van der Waals surface area contributed by atoms with E-state index < -0.39 is 10.0 Å². The van der Waals surface area contributed by atoms with Crippen molar-refractivity contribution in [3.05, 3.63) is 53.1 Å². The number of nitrogens with one attached hydrogen (secondary N) is 1. The number of aryl methyl sites for hydroxylation is 2. The Morgan fingerprint density at radius 3 is 2.59 bits per heavy atom. The fraction of sp³-hybridized carbons (Fsp3) is 0.480. The Morgan fingerprint density at radius 2 is 1.94 bits per heavy atom. The summed E-state index contributed by atoms with van der Waals surface area (Å²) in [4.78, 5) is 13.4. The molecule has 0 aliphatic carbocycles. The second kappa shape index (κ2) is 10.0. The minimum atomic E-state index is -3.69. The summed E-state index contributed by atoms with van der Waals surface area (Å²) in [6.07, 6.45) is 1.32. The number of hydrogen-bond donors (Lipinski definition) is 1. The van der Waals surface area contributed by atoms with Gasteiger partial charge in [0.2, 0.25) is 15.9 Å². The highest BCUT2D eigenvalue weighted by Crippen LogP contribution is 2.30. The average Bonchev–Trinajstić information content (AvgIpc) is 2.76. The topological polar surface area (TPSA) is 75.7 Å². The van der Waals surface area contributed by atoms with Crippen molar-refractivity contribution in [3.8, 4) is 5.75 Å². The fourth-order valence-corrected chi connectivity index (χ4v) is 5.80. The Labute approximate surface area is 192 Å². The summed E-state index contributed by atoms with van der Waals surface area (Å²) in [5, 5.41) is 3.10. The van der Waals surface area contributed by atoms with Crippen LogP contribution in [0.3, 0.4) is 0 Å². The number of para-hydroxylation sites is 1. The van der Waals surface area contributed by atoms with Gasteiger partial charge in [0.25, 0.3) is 0 Å². The molecule has 1 N–H and O–H groups in total. The molecule has 1 saturated heterocycles. The molecule has 2 aromatic rings. The summed E-state index contributed by atoms with van der Waals surface area (Å²) in [5.74, 6) is 0.448. The number of amides is 1. The summed E-state index contributed by atoms with van der Waals surface area (Å²) in [6, 6.07) is 10.9. The molecule has 0 bridgehead atoms. The molecule has 1 aliphatic heterocycles. The van der Waals surface area contributed by atoms with Crippen molar-refractivity contribution in [2.45, 2.75) is 58.3 Å². The van der Waals surface area contributed by atoms with E-state index in [1.165, 1.54) is 4.31 Å². The molecule has 1 aliphatic rings. The monoisotopic (exact) mass is 458 g/mol. The average molecular weight is 459 g/mol. The minimum absolute atomic E-state index is 0.121. The molecule has 1 fully saturated rings. The molecule has 6 nitrogen and oxygen atoms in total. The van der Waals surface area contributed by atoms with Crippen LogP contribution in [0, 0.1) is 19.8 Å². The van der Waals surface area contributed by atoms with Gasteiger partial charge in [-0.05, 0) is 74.4 Å². The normalized spacial score (nSPS) is 17.4. The molecule has 1 heterocycles. The molecule has 174 valence electrons. The van der Waals surface area contributed by atoms with E-state index in [4.69, 9.17) is 4.74 Å². The van der Waals surface area contributed by atoms with Crippen LogP contribution in [0.4, 0.5) is 5.69 Å². The number of sulfonamides is 1. The SMILES string of the molecule is CCOc1ccc(S(=O)(=O)N2CCC[C@H](C(=O)Nc3c(C)cccc3C(C)C)C2)cc1C. The van der Waals surface area contributed by atoms with Crippen LogP contribution in [0.2, 0.25) is 0 Å². The number of piperidine rings is 1. The Balaban J connectivity index is 1.78. The molecule has 3 rings (SSSR count). The van der Waals surface area contributed by atoms with E-state index in [1.807, 2.05) is 39.0 Å². The Hall–Kier alpha value is -2.38. The van der Waals surface area contributed by atoms with E-state index in [9.17, 15) is 13.2 Å². The first-order valence-corrected chi connectivity index (χ1v) is 12.7. The maximum atomic E-state index is 13.3. The quantitative estimate of drug-likeness (QED) is 0.643. The highest BCUT2D eigenvalue weighted by Gasteiger charge is 2.34. The molecule has 1 amide bonds. The van der Waals surface area contributed by atoms with Crippen molar-refractivity contribution in [3.63, 3.8) is 0 Å². The number of benzene rings is 2. The van der Waals surface area contributed by atoms with E-state index in [0.717, 1.165) is 22.4 Å². The van der Waals surface area contributed by atoms with Crippen LogP contribution in [-0.2, 0) is 14.8 Å². The molecule has 0 spiro atoms. The predicted octanol–water partition coefficient (Wildman–Crippen LogP) is 4.86. The van der Waals surface area contributed by atoms with Gasteiger partial charge in [-0.25, -0.2) is 8.42 Å². The second-order valence-corrected chi connectivity index (χ2v) is 10.7. The van der Waals surface area contributed by atoms with Crippen molar-refractivity contribution < 1.29 is 17.9 Å². The summed E-state index contributed by atoms with van der Waals surface area (Å²) >= 11 is 0. The number of rotatable bonds is 7. The lowest BCUT2D eigenvalue weighted by Crippen LogP contribution is -2.43. The van der Waals surface area contributed by atoms with Gasteiger partial charge in [-0.1, -0.05) is 32.0 Å². The van der Waals surface area contributed by atoms with Crippen molar-refractivity contribution in [2.24, 2.45) is 5.92 Å². The van der Waals surface area contributed by atoms with Gasteiger partial charge in [-0.3, -0.25) is 4.79 Å². The Kier molecular flexibility index (Phi) is 7.62. The number of anilines is 1. The molecule has 0 unspecified atom stereocenters. The van der Waals surface area contributed by atoms with Crippen molar-refractivity contribution in [1.82, 2.24) is 4.31 Å². The fourth-order valence-electron chi connectivity index (χ4n) is 4.19. The molecule has 0 saturated carbocycles. The molecule has 0 radical (unpaired) electrons. The lowest BCUT2D eigenvalue weighted by Gasteiger charge is -2.31. The lowest BCUT2D eigenvalue weighted by atomic mass is 9.95. The second-order valence-electron chi connectivity index (χ2n) is 8.75. The molecule has 2 aromatic carbocycles. The molecular weight excluding hydrogens is 424 g/mol. The maximum absolute atomic E-state index is 13.3. The van der Waals surface area contributed by atoms with E-state index in [1.54, 1.807) is 18.2 Å². The smallest absolute Gasteiger partial charge is 0.243 e. The Bertz CT molecular complexity index is 1080. The van der Waals surface area contributed by atoms with Crippen LogP contribution in [0.15, 0.2) is 41.3 Å². The minimum Gasteiger partial charge on any atom is -0.494 e. The first-order valence-electron chi connectivity index (χ1n) is 11.3. The number of ether oxygens (including phenoxy) is 1. The Morgan fingerprint density at radius 1 is 1.19 bits per heavy atom. The van der Waals surface area contributed by atoms with Crippen molar-refractivity contribution in [2.75, 3.05) is 25.0 Å². The third kappa shape index (κ3) is 5.15. The first kappa shape index (κ1) is 24.3. The van der Waals surface area contributed by atoms with Gasteiger partial charge >= 0.3 is 0 Å². The highest BCUT2D eigenvalue weighted by atomic mass is 32.2. The number of carbonyl (C=O) groups excluding carboxylic acids is 1. The van der Waals surface area contributed by atoms with Crippen LogP contribution in [0.5, 0.6) is 5.75 Å². The summed E-state index contributed by atoms with van der Waals surface area (Å²) in [6.45, 7) is 11.0.